The molecule has 0 bridgehead atoms. The van der Waals surface area contributed by atoms with Crippen LogP contribution in [0.1, 0.15) is 72.0 Å². The summed E-state index contributed by atoms with van der Waals surface area (Å²) < 4.78 is 31.3. The normalized spacial score (nSPS) is 20.5. The lowest BCUT2D eigenvalue weighted by atomic mass is 9.93. The van der Waals surface area contributed by atoms with Gasteiger partial charge >= 0.3 is 0 Å². The maximum atomic E-state index is 13.2. The van der Waals surface area contributed by atoms with Crippen molar-refractivity contribution < 1.29 is 17.6 Å². The number of piperidine rings is 1. The van der Waals surface area contributed by atoms with E-state index in [0.717, 1.165) is 48.9 Å². The van der Waals surface area contributed by atoms with E-state index < -0.39 is 10.0 Å². The topological polar surface area (TPSA) is 92.0 Å². The predicted octanol–water partition coefficient (Wildman–Crippen LogP) is 3.93. The number of carbonyl (C=O) groups is 1. The van der Waals surface area contributed by atoms with Gasteiger partial charge in [0.15, 0.2) is 5.76 Å². The number of aryl methyl sites for hydroxylation is 2. The van der Waals surface area contributed by atoms with E-state index in [2.05, 4.69) is 16.9 Å². The quantitative estimate of drug-likeness (QED) is 0.725. The number of amides is 1. The molecule has 1 saturated heterocycles. The molecule has 1 aromatic heterocycles. The summed E-state index contributed by atoms with van der Waals surface area (Å²) in [5.74, 6) is 0.985. The van der Waals surface area contributed by atoms with Crippen LogP contribution in [0.4, 0.5) is 0 Å². The van der Waals surface area contributed by atoms with Gasteiger partial charge in [-0.2, -0.15) is 18.4 Å². The zero-order chi connectivity index (χ0) is 22.2. The molecule has 7 nitrogen and oxygen atoms in total. The van der Waals surface area contributed by atoms with Crippen LogP contribution in [0.25, 0.3) is 0 Å². The van der Waals surface area contributed by atoms with Crippen LogP contribution in [0.2, 0.25) is 0 Å². The first kappa shape index (κ1) is 21.6. The zero-order valence-electron chi connectivity index (χ0n) is 18.3. The van der Waals surface area contributed by atoms with Gasteiger partial charge < -0.3 is 9.32 Å². The van der Waals surface area contributed by atoms with Gasteiger partial charge in [-0.25, -0.2) is 0 Å². The standard InChI is InChI=1S/C23H29N3O4S/c1-15-10-12-18(13-11-15)31(28,29)25-24-19-8-6-9-20-21(19)17(3)22(30-20)23(27)26-14-5-4-7-16(26)2/h10-13,16,25H,4-9,14H2,1-3H3/b24-19+. The molecule has 1 N–H and O–H groups in total. The Labute approximate surface area is 183 Å². The van der Waals surface area contributed by atoms with Gasteiger partial charge in [-0.15, -0.1) is 0 Å². The van der Waals surface area contributed by atoms with Crippen molar-refractivity contribution >= 4 is 21.6 Å². The number of fused-ring (bicyclic) bond motifs is 1. The fourth-order valence-corrected chi connectivity index (χ4v) is 5.23. The minimum Gasteiger partial charge on any atom is -0.455 e. The molecule has 1 amide bonds. The number of rotatable bonds is 4. The average molecular weight is 444 g/mol. The van der Waals surface area contributed by atoms with Crippen molar-refractivity contribution in [3.8, 4) is 0 Å². The molecule has 4 rings (SSSR count). The number of likely N-dealkylation sites (tertiary alicyclic amines) is 1. The molecule has 1 unspecified atom stereocenters. The average Bonchev–Trinajstić information content (AvgIpc) is 3.10. The summed E-state index contributed by atoms with van der Waals surface area (Å²) in [6, 6.07) is 6.81. The van der Waals surface area contributed by atoms with Crippen molar-refractivity contribution in [2.75, 3.05) is 6.54 Å². The molecule has 0 radical (unpaired) electrons. The Hall–Kier alpha value is -2.61. The van der Waals surface area contributed by atoms with Gasteiger partial charge in [-0.3, -0.25) is 4.79 Å². The predicted molar refractivity (Wildman–Crippen MR) is 119 cm³/mol. The molecule has 1 fully saturated rings. The van der Waals surface area contributed by atoms with E-state index >= 15 is 0 Å². The third-order valence-electron chi connectivity index (χ3n) is 6.22. The summed E-state index contributed by atoms with van der Waals surface area (Å²) in [4.78, 5) is 17.6. The third-order valence-corrected chi connectivity index (χ3v) is 7.44. The number of nitrogens with one attached hydrogen (secondary N) is 1. The van der Waals surface area contributed by atoms with Crippen molar-refractivity contribution in [1.29, 1.82) is 0 Å². The number of sulfonamides is 1. The molecule has 1 aliphatic carbocycles. The highest BCUT2D eigenvalue weighted by atomic mass is 32.2. The molecule has 2 aliphatic rings. The molecule has 0 spiro atoms. The first-order chi connectivity index (χ1) is 14.8. The highest BCUT2D eigenvalue weighted by Crippen LogP contribution is 2.31. The van der Waals surface area contributed by atoms with Crippen LogP contribution >= 0.6 is 0 Å². The zero-order valence-corrected chi connectivity index (χ0v) is 19.1. The first-order valence-corrected chi connectivity index (χ1v) is 12.3. The summed E-state index contributed by atoms with van der Waals surface area (Å²) in [5, 5.41) is 4.25. The van der Waals surface area contributed by atoms with Crippen molar-refractivity contribution in [2.24, 2.45) is 5.10 Å². The lowest BCUT2D eigenvalue weighted by Gasteiger charge is -2.32. The van der Waals surface area contributed by atoms with Crippen molar-refractivity contribution in [3.05, 3.63) is 52.5 Å². The number of hydrogen-bond donors (Lipinski definition) is 1. The van der Waals surface area contributed by atoms with Crippen LogP contribution < -0.4 is 4.83 Å². The summed E-state index contributed by atoms with van der Waals surface area (Å²) in [6.07, 6.45) is 5.26. The summed E-state index contributed by atoms with van der Waals surface area (Å²) in [5.41, 5.74) is 3.11. The minimum absolute atomic E-state index is 0.0845. The number of carbonyl (C=O) groups excluding carboxylic acids is 1. The van der Waals surface area contributed by atoms with E-state index in [1.54, 1.807) is 24.3 Å². The van der Waals surface area contributed by atoms with Gasteiger partial charge in [0.25, 0.3) is 15.9 Å². The van der Waals surface area contributed by atoms with Gasteiger partial charge in [-0.05, 0) is 65.0 Å². The van der Waals surface area contributed by atoms with Crippen molar-refractivity contribution in [1.82, 2.24) is 9.73 Å². The first-order valence-electron chi connectivity index (χ1n) is 10.9. The molecule has 1 atom stereocenters. The van der Waals surface area contributed by atoms with Crippen LogP contribution in [-0.2, 0) is 16.4 Å². The number of nitrogens with zero attached hydrogens (tertiary/aromatic N) is 2. The lowest BCUT2D eigenvalue weighted by molar-refractivity contribution is 0.0600. The maximum Gasteiger partial charge on any atom is 0.290 e. The SMILES string of the molecule is Cc1ccc(S(=O)(=O)N/N=C2\CCCc3oc(C(=O)N4CCCCC4C)c(C)c32)cc1. The molecular formula is C23H29N3O4S. The monoisotopic (exact) mass is 443 g/mol. The van der Waals surface area contributed by atoms with Crippen LogP contribution in [0.3, 0.4) is 0 Å². The summed E-state index contributed by atoms with van der Waals surface area (Å²) in [6.45, 7) is 6.57. The fourth-order valence-electron chi connectivity index (χ4n) is 4.40. The molecule has 0 saturated carbocycles. The van der Waals surface area contributed by atoms with Gasteiger partial charge in [0.2, 0.25) is 0 Å². The molecule has 31 heavy (non-hydrogen) atoms. The summed E-state index contributed by atoms with van der Waals surface area (Å²) >= 11 is 0. The Morgan fingerprint density at radius 2 is 1.87 bits per heavy atom. The van der Waals surface area contributed by atoms with Crippen molar-refractivity contribution in [3.63, 3.8) is 0 Å². The number of hydrogen-bond acceptors (Lipinski definition) is 5. The Kier molecular flexibility index (Phi) is 5.92. The van der Waals surface area contributed by atoms with Crippen LogP contribution in [0, 0.1) is 13.8 Å². The second-order valence-electron chi connectivity index (χ2n) is 8.52. The number of benzene rings is 1. The second-order valence-corrected chi connectivity index (χ2v) is 10.2. The maximum absolute atomic E-state index is 13.2. The Bertz CT molecular complexity index is 1120. The van der Waals surface area contributed by atoms with Gasteiger partial charge in [0, 0.05) is 30.1 Å². The van der Waals surface area contributed by atoms with E-state index in [9.17, 15) is 13.2 Å². The van der Waals surface area contributed by atoms with Gasteiger partial charge in [0.1, 0.15) is 5.76 Å². The Morgan fingerprint density at radius 1 is 1.13 bits per heavy atom. The molecular weight excluding hydrogens is 414 g/mol. The molecule has 166 valence electrons. The Balaban J connectivity index is 1.62. The molecule has 1 aromatic carbocycles. The molecule has 1 aliphatic heterocycles. The molecule has 2 aromatic rings. The third kappa shape index (κ3) is 4.26. The smallest absolute Gasteiger partial charge is 0.290 e. The van der Waals surface area contributed by atoms with E-state index in [1.807, 2.05) is 18.7 Å². The molecule has 2 heterocycles. The fraction of sp³-hybridized carbons (Fsp3) is 0.478. The highest BCUT2D eigenvalue weighted by Gasteiger charge is 2.32. The van der Waals surface area contributed by atoms with Gasteiger partial charge in [0.05, 0.1) is 10.6 Å². The summed E-state index contributed by atoms with van der Waals surface area (Å²) in [7, 11) is -3.77. The van der Waals surface area contributed by atoms with Crippen LogP contribution in [0.5, 0.6) is 0 Å². The number of furan rings is 1. The lowest BCUT2D eigenvalue weighted by Crippen LogP contribution is -2.42. The van der Waals surface area contributed by atoms with E-state index in [4.69, 9.17) is 4.42 Å². The minimum atomic E-state index is -3.77. The Morgan fingerprint density at radius 3 is 2.58 bits per heavy atom. The van der Waals surface area contributed by atoms with E-state index in [1.165, 1.54) is 0 Å². The highest BCUT2D eigenvalue weighted by molar-refractivity contribution is 7.89. The molecule has 8 heteroatoms. The van der Waals surface area contributed by atoms with E-state index in [-0.39, 0.29) is 16.8 Å². The van der Waals surface area contributed by atoms with Crippen LogP contribution in [-0.4, -0.2) is 37.5 Å². The van der Waals surface area contributed by atoms with E-state index in [0.29, 0.717) is 30.1 Å². The number of hydrazone groups is 1. The van der Waals surface area contributed by atoms with Crippen molar-refractivity contribution in [2.45, 2.75) is 70.2 Å². The second kappa shape index (κ2) is 8.49. The van der Waals surface area contributed by atoms with Gasteiger partial charge in [-0.1, -0.05) is 17.7 Å². The van der Waals surface area contributed by atoms with Crippen LogP contribution in [0.15, 0.2) is 38.7 Å². The largest absolute Gasteiger partial charge is 0.455 e.